The molecule has 1 unspecified atom stereocenters. The van der Waals surface area contributed by atoms with Crippen LogP contribution in [0.25, 0.3) is 0 Å². The highest BCUT2D eigenvalue weighted by atomic mass is 16.7. The molecule has 0 aliphatic rings. The van der Waals surface area contributed by atoms with Gasteiger partial charge in [-0.1, -0.05) is 18.7 Å². The lowest BCUT2D eigenvalue weighted by Gasteiger charge is -2.21. The average molecular weight is 264 g/mol. The molecule has 4 heteroatoms. The molecule has 0 amide bonds. The van der Waals surface area contributed by atoms with E-state index in [-0.39, 0.29) is 0 Å². The second kappa shape index (κ2) is 6.27. The molecule has 0 fully saturated rings. The predicted octanol–water partition coefficient (Wildman–Crippen LogP) is 3.87. The van der Waals surface area contributed by atoms with Gasteiger partial charge in [0.15, 0.2) is 0 Å². The number of ether oxygens (including phenoxy) is 3. The van der Waals surface area contributed by atoms with Crippen LogP contribution in [0.2, 0.25) is 0 Å². The van der Waals surface area contributed by atoms with E-state index in [1.54, 1.807) is 40.0 Å². The van der Waals surface area contributed by atoms with Crippen molar-refractivity contribution >= 4 is 6.16 Å². The number of benzene rings is 1. The van der Waals surface area contributed by atoms with Gasteiger partial charge in [-0.25, -0.2) is 4.79 Å². The Morgan fingerprint density at radius 2 is 2.05 bits per heavy atom. The molecule has 0 aliphatic heterocycles. The first-order valence-corrected chi connectivity index (χ1v) is 6.02. The van der Waals surface area contributed by atoms with Crippen LogP contribution in [0.1, 0.15) is 32.4 Å². The van der Waals surface area contributed by atoms with Crippen molar-refractivity contribution in [2.24, 2.45) is 0 Å². The molecule has 0 aromatic heterocycles. The maximum absolute atomic E-state index is 11.6. The number of hydrogen-bond donors (Lipinski definition) is 0. The van der Waals surface area contributed by atoms with E-state index in [2.05, 4.69) is 6.58 Å². The van der Waals surface area contributed by atoms with E-state index in [1.807, 2.05) is 18.2 Å². The van der Waals surface area contributed by atoms with Gasteiger partial charge in [0, 0.05) is 5.56 Å². The third-order valence-electron chi connectivity index (χ3n) is 2.25. The average Bonchev–Trinajstić information content (AvgIpc) is 2.34. The van der Waals surface area contributed by atoms with Crippen molar-refractivity contribution < 1.29 is 19.0 Å². The van der Waals surface area contributed by atoms with E-state index >= 15 is 0 Å². The minimum absolute atomic E-state index is 0.565. The van der Waals surface area contributed by atoms with Crippen molar-refractivity contribution in [1.82, 2.24) is 0 Å². The number of hydrogen-bond acceptors (Lipinski definition) is 4. The quantitative estimate of drug-likeness (QED) is 0.611. The zero-order chi connectivity index (χ0) is 14.5. The zero-order valence-electron chi connectivity index (χ0n) is 11.8. The summed E-state index contributed by atoms with van der Waals surface area (Å²) in [6.07, 6.45) is 0.253. The van der Waals surface area contributed by atoms with Gasteiger partial charge >= 0.3 is 6.16 Å². The van der Waals surface area contributed by atoms with Crippen molar-refractivity contribution in [3.8, 4) is 5.75 Å². The minimum atomic E-state index is -0.722. The van der Waals surface area contributed by atoms with Gasteiger partial charge in [-0.3, -0.25) is 0 Å². The highest BCUT2D eigenvalue weighted by Gasteiger charge is 2.21. The molecule has 0 N–H and O–H groups in total. The maximum Gasteiger partial charge on any atom is 0.509 e. The lowest BCUT2D eigenvalue weighted by Crippen LogP contribution is -2.25. The molecule has 1 aromatic carbocycles. The first-order chi connectivity index (χ1) is 8.85. The fourth-order valence-electron chi connectivity index (χ4n) is 1.45. The summed E-state index contributed by atoms with van der Waals surface area (Å²) >= 11 is 0. The summed E-state index contributed by atoms with van der Waals surface area (Å²) < 4.78 is 15.5. The monoisotopic (exact) mass is 264 g/mol. The number of carbonyl (C=O) groups is 1. The van der Waals surface area contributed by atoms with Gasteiger partial charge in [0.2, 0.25) is 0 Å². The van der Waals surface area contributed by atoms with Crippen LogP contribution in [0.15, 0.2) is 36.9 Å². The number of carbonyl (C=O) groups excluding carboxylic acids is 1. The van der Waals surface area contributed by atoms with Crippen molar-refractivity contribution in [3.63, 3.8) is 0 Å². The minimum Gasteiger partial charge on any atom is -0.497 e. The Labute approximate surface area is 114 Å². The summed E-state index contributed by atoms with van der Waals surface area (Å²) in [5, 5.41) is 0. The van der Waals surface area contributed by atoms with Gasteiger partial charge in [0.25, 0.3) is 0 Å². The van der Waals surface area contributed by atoms with Crippen molar-refractivity contribution in [3.05, 3.63) is 42.5 Å². The Morgan fingerprint density at radius 1 is 1.37 bits per heavy atom. The molecule has 0 saturated carbocycles. The van der Waals surface area contributed by atoms with E-state index in [1.165, 1.54) is 0 Å². The summed E-state index contributed by atoms with van der Waals surface area (Å²) in [6.45, 7) is 9.01. The first-order valence-electron chi connectivity index (χ1n) is 6.02. The molecular weight excluding hydrogens is 244 g/mol. The Hall–Kier alpha value is -1.97. The number of methoxy groups -OCH3 is 1. The van der Waals surface area contributed by atoms with Crippen molar-refractivity contribution in [2.75, 3.05) is 7.11 Å². The smallest absolute Gasteiger partial charge is 0.497 e. The highest BCUT2D eigenvalue weighted by Crippen LogP contribution is 2.24. The van der Waals surface area contributed by atoms with E-state index in [0.29, 0.717) is 5.75 Å². The van der Waals surface area contributed by atoms with E-state index in [9.17, 15) is 4.79 Å². The standard InChI is InChI=1S/C15H20O4/c1-6-13(18-14(16)19-15(2,3)4)11-8-7-9-12(10-11)17-5/h6-10,13H,1H2,2-5H3. The molecule has 0 radical (unpaired) electrons. The third-order valence-corrected chi connectivity index (χ3v) is 2.25. The van der Waals surface area contributed by atoms with Crippen LogP contribution in [0.5, 0.6) is 5.75 Å². The van der Waals surface area contributed by atoms with Gasteiger partial charge in [-0.2, -0.15) is 0 Å². The molecule has 0 heterocycles. The predicted molar refractivity (Wildman–Crippen MR) is 73.3 cm³/mol. The van der Waals surface area contributed by atoms with Gasteiger partial charge < -0.3 is 14.2 Å². The molecule has 1 aromatic rings. The normalized spacial score (nSPS) is 12.4. The second-order valence-corrected chi connectivity index (χ2v) is 5.02. The van der Waals surface area contributed by atoms with Crippen LogP contribution in [0.3, 0.4) is 0 Å². The summed E-state index contributed by atoms with van der Waals surface area (Å²) in [7, 11) is 1.58. The summed E-state index contributed by atoms with van der Waals surface area (Å²) in [5.41, 5.74) is 0.192. The Morgan fingerprint density at radius 3 is 2.58 bits per heavy atom. The molecule has 0 bridgehead atoms. The first kappa shape index (κ1) is 15.1. The van der Waals surface area contributed by atoms with Gasteiger partial charge in [0.05, 0.1) is 7.11 Å². The molecule has 19 heavy (non-hydrogen) atoms. The molecule has 0 aliphatic carbocycles. The Bertz CT molecular complexity index is 446. The summed E-state index contributed by atoms with van der Waals surface area (Å²) in [6, 6.07) is 7.26. The fraction of sp³-hybridized carbons (Fsp3) is 0.400. The number of rotatable bonds is 4. The van der Waals surface area contributed by atoms with Gasteiger partial charge in [-0.15, -0.1) is 0 Å². The van der Waals surface area contributed by atoms with Crippen LogP contribution < -0.4 is 4.74 Å². The molecule has 104 valence electrons. The van der Waals surface area contributed by atoms with Gasteiger partial charge in [0.1, 0.15) is 17.5 Å². The van der Waals surface area contributed by atoms with E-state index in [0.717, 1.165) is 5.56 Å². The van der Waals surface area contributed by atoms with Crippen molar-refractivity contribution in [2.45, 2.75) is 32.5 Å². The second-order valence-electron chi connectivity index (χ2n) is 5.02. The topological polar surface area (TPSA) is 44.8 Å². The molecule has 0 saturated heterocycles. The fourth-order valence-corrected chi connectivity index (χ4v) is 1.45. The molecule has 1 atom stereocenters. The lowest BCUT2D eigenvalue weighted by atomic mass is 10.1. The largest absolute Gasteiger partial charge is 0.509 e. The molecule has 0 spiro atoms. The maximum atomic E-state index is 11.6. The van der Waals surface area contributed by atoms with Crippen molar-refractivity contribution in [1.29, 1.82) is 0 Å². The van der Waals surface area contributed by atoms with Crippen LogP contribution in [-0.4, -0.2) is 18.9 Å². The van der Waals surface area contributed by atoms with Crippen LogP contribution >= 0.6 is 0 Å². The Kier molecular flexibility index (Phi) is 4.98. The van der Waals surface area contributed by atoms with E-state index in [4.69, 9.17) is 14.2 Å². The summed E-state index contributed by atoms with van der Waals surface area (Å²) in [4.78, 5) is 11.6. The van der Waals surface area contributed by atoms with Crippen LogP contribution in [0, 0.1) is 0 Å². The van der Waals surface area contributed by atoms with E-state index < -0.39 is 17.9 Å². The lowest BCUT2D eigenvalue weighted by molar-refractivity contribution is -0.0188. The SMILES string of the molecule is C=CC(OC(=O)OC(C)(C)C)c1cccc(OC)c1. The summed E-state index contributed by atoms with van der Waals surface area (Å²) in [5.74, 6) is 0.692. The highest BCUT2D eigenvalue weighted by molar-refractivity contribution is 5.61. The molecular formula is C15H20O4. The zero-order valence-corrected chi connectivity index (χ0v) is 11.8. The Balaban J connectivity index is 2.77. The van der Waals surface area contributed by atoms with Crippen LogP contribution in [-0.2, 0) is 9.47 Å². The van der Waals surface area contributed by atoms with Crippen LogP contribution in [0.4, 0.5) is 4.79 Å². The molecule has 4 nitrogen and oxygen atoms in total. The van der Waals surface area contributed by atoms with Gasteiger partial charge in [-0.05, 0) is 39.0 Å². The molecule has 1 rings (SSSR count). The third kappa shape index (κ3) is 5.04.